The molecule has 1 saturated heterocycles. The normalized spacial score (nSPS) is 15.7. The number of nitrogens with zero attached hydrogens (tertiary/aromatic N) is 3. The predicted octanol–water partition coefficient (Wildman–Crippen LogP) is 3.78. The van der Waals surface area contributed by atoms with E-state index in [1.165, 1.54) is 10.9 Å². The van der Waals surface area contributed by atoms with Gasteiger partial charge in [-0.05, 0) is 56.9 Å². The molecular weight excluding hydrogens is 504 g/mol. The number of amides is 2. The highest BCUT2D eigenvalue weighted by Crippen LogP contribution is 2.30. The molecule has 3 aromatic rings. The van der Waals surface area contributed by atoms with E-state index in [-0.39, 0.29) is 30.9 Å². The Morgan fingerprint density at radius 2 is 2.06 bits per heavy atom. The lowest BCUT2D eigenvalue weighted by Crippen LogP contribution is -2.42. The third-order valence-corrected chi connectivity index (χ3v) is 7.80. The Morgan fingerprint density at radius 1 is 1.28 bits per heavy atom. The summed E-state index contributed by atoms with van der Waals surface area (Å²) in [5, 5.41) is 3.57. The van der Waals surface area contributed by atoms with E-state index >= 15 is 0 Å². The number of likely N-dealkylation sites (tertiary alicyclic amines) is 1. The maximum atomic E-state index is 13.3. The van der Waals surface area contributed by atoms with Crippen LogP contribution in [0, 0.1) is 19.8 Å². The Morgan fingerprint density at radius 3 is 2.78 bits per heavy atom. The van der Waals surface area contributed by atoms with Gasteiger partial charge >= 0.3 is 5.97 Å². The number of hydrogen-bond acceptors (Lipinski definition) is 7. The summed E-state index contributed by atoms with van der Waals surface area (Å²) in [6.07, 6.45) is 2.69. The molecule has 1 fully saturated rings. The highest BCUT2D eigenvalue weighted by Gasteiger charge is 2.31. The van der Waals surface area contributed by atoms with Gasteiger partial charge in [0, 0.05) is 23.8 Å². The number of nitrogens with one attached hydrogen (secondary N) is 1. The molecule has 3 heterocycles. The number of anilines is 1. The molecule has 9 nitrogen and oxygen atoms in total. The van der Waals surface area contributed by atoms with Crippen LogP contribution >= 0.6 is 22.9 Å². The molecule has 1 atom stereocenters. The molecule has 2 aromatic heterocycles. The maximum absolute atomic E-state index is 13.3. The van der Waals surface area contributed by atoms with E-state index in [4.69, 9.17) is 16.3 Å². The van der Waals surface area contributed by atoms with Gasteiger partial charge in [-0.1, -0.05) is 17.7 Å². The number of halogens is 1. The Bertz CT molecular complexity index is 1400. The fourth-order valence-corrected chi connectivity index (χ4v) is 5.55. The van der Waals surface area contributed by atoms with E-state index in [0.717, 1.165) is 16.9 Å². The van der Waals surface area contributed by atoms with Crippen molar-refractivity contribution in [3.63, 3.8) is 0 Å². The number of fused-ring (bicyclic) bond motifs is 1. The van der Waals surface area contributed by atoms with Crippen molar-refractivity contribution in [3.05, 3.63) is 55.9 Å². The van der Waals surface area contributed by atoms with E-state index in [0.29, 0.717) is 57.4 Å². The Kier molecular flexibility index (Phi) is 7.75. The molecule has 0 saturated carbocycles. The van der Waals surface area contributed by atoms with Gasteiger partial charge in [0.05, 0.1) is 29.1 Å². The monoisotopic (exact) mass is 530 g/mol. The second-order valence-corrected chi connectivity index (χ2v) is 10.2. The second kappa shape index (κ2) is 10.8. The number of benzene rings is 1. The number of esters is 1. The highest BCUT2D eigenvalue weighted by molar-refractivity contribution is 7.20. The Balaban J connectivity index is 1.54. The average Bonchev–Trinajstić information content (AvgIpc) is 3.20. The molecule has 0 radical (unpaired) electrons. The minimum absolute atomic E-state index is 0.232. The average molecular weight is 531 g/mol. The topological polar surface area (TPSA) is 111 Å². The molecule has 11 heteroatoms. The van der Waals surface area contributed by atoms with Gasteiger partial charge in [-0.15, -0.1) is 11.3 Å². The minimum atomic E-state index is -0.402. The van der Waals surface area contributed by atoms with Crippen LogP contribution in [0.15, 0.2) is 29.3 Å². The molecule has 0 unspecified atom stereocenters. The summed E-state index contributed by atoms with van der Waals surface area (Å²) in [7, 11) is 0. The second-order valence-electron chi connectivity index (χ2n) is 8.77. The van der Waals surface area contributed by atoms with Gasteiger partial charge in [0.15, 0.2) is 0 Å². The number of aromatic nitrogens is 2. The number of aryl methyl sites for hydroxylation is 2. The molecule has 0 aliphatic carbocycles. The minimum Gasteiger partial charge on any atom is -0.466 e. The number of carbonyl (C=O) groups excluding carboxylic acids is 3. The molecule has 0 bridgehead atoms. The van der Waals surface area contributed by atoms with Gasteiger partial charge in [-0.2, -0.15) is 0 Å². The molecule has 1 aliphatic rings. The number of thiophene rings is 1. The smallest absolute Gasteiger partial charge is 0.310 e. The summed E-state index contributed by atoms with van der Waals surface area (Å²) in [5.74, 6) is -1.28. The zero-order valence-electron chi connectivity index (χ0n) is 20.3. The fourth-order valence-electron chi connectivity index (χ4n) is 4.26. The Hall–Kier alpha value is -3.24. The van der Waals surface area contributed by atoms with Gasteiger partial charge in [0.25, 0.3) is 11.5 Å². The predicted molar refractivity (Wildman–Crippen MR) is 139 cm³/mol. The first-order valence-corrected chi connectivity index (χ1v) is 12.9. The van der Waals surface area contributed by atoms with E-state index in [1.54, 1.807) is 36.9 Å². The van der Waals surface area contributed by atoms with Crippen molar-refractivity contribution in [3.8, 4) is 0 Å². The van der Waals surface area contributed by atoms with Crippen molar-refractivity contribution in [2.24, 2.45) is 5.92 Å². The number of rotatable bonds is 6. The first kappa shape index (κ1) is 25.8. The molecule has 190 valence electrons. The number of carbonyl (C=O) groups is 3. The van der Waals surface area contributed by atoms with Crippen LogP contribution in [-0.4, -0.2) is 51.9 Å². The van der Waals surface area contributed by atoms with E-state index in [1.807, 2.05) is 6.92 Å². The number of ether oxygens (including phenoxy) is 1. The molecule has 1 aromatic carbocycles. The summed E-state index contributed by atoms with van der Waals surface area (Å²) < 4.78 is 6.35. The van der Waals surface area contributed by atoms with Crippen molar-refractivity contribution in [2.75, 3.05) is 25.0 Å². The third kappa shape index (κ3) is 5.29. The van der Waals surface area contributed by atoms with Crippen molar-refractivity contribution in [2.45, 2.75) is 40.2 Å². The number of hydrogen-bond donors (Lipinski definition) is 1. The van der Waals surface area contributed by atoms with Crippen LogP contribution in [0.1, 0.15) is 40.6 Å². The first-order chi connectivity index (χ1) is 17.2. The Labute approximate surface area is 217 Å². The van der Waals surface area contributed by atoms with Gasteiger partial charge < -0.3 is 15.0 Å². The largest absolute Gasteiger partial charge is 0.466 e. The lowest BCUT2D eigenvalue weighted by atomic mass is 9.98. The zero-order chi connectivity index (χ0) is 26.0. The van der Waals surface area contributed by atoms with Crippen LogP contribution in [0.25, 0.3) is 10.2 Å². The molecule has 1 aliphatic heterocycles. The van der Waals surface area contributed by atoms with Gasteiger partial charge in [-0.25, -0.2) is 4.98 Å². The van der Waals surface area contributed by atoms with E-state index in [9.17, 15) is 19.2 Å². The van der Waals surface area contributed by atoms with Crippen molar-refractivity contribution in [1.82, 2.24) is 14.5 Å². The lowest BCUT2D eigenvalue weighted by molar-refractivity contribution is -0.149. The standard InChI is InChI=1S/C25H27ClN4O5S/c1-4-35-25(34)16-6-5-9-29(11-16)24(33)21-15(3)20-22(36-21)27-13-30(23(20)32)12-19(31)28-17-8-7-14(2)18(26)10-17/h7-8,10,13,16H,4-6,9,11-12H2,1-3H3,(H,28,31)/t16-/m0/s1. The van der Waals surface area contributed by atoms with Gasteiger partial charge in [0.1, 0.15) is 11.4 Å². The quantitative estimate of drug-likeness (QED) is 0.485. The fraction of sp³-hybridized carbons (Fsp3) is 0.400. The van der Waals surface area contributed by atoms with Crippen LogP contribution in [0.5, 0.6) is 0 Å². The molecular formula is C25H27ClN4O5S. The van der Waals surface area contributed by atoms with Gasteiger partial charge in [0.2, 0.25) is 5.91 Å². The van der Waals surface area contributed by atoms with Crippen LogP contribution in [0.4, 0.5) is 5.69 Å². The van der Waals surface area contributed by atoms with E-state index in [2.05, 4.69) is 10.3 Å². The van der Waals surface area contributed by atoms with Crippen molar-refractivity contribution in [1.29, 1.82) is 0 Å². The summed E-state index contributed by atoms with van der Waals surface area (Å²) in [6, 6.07) is 5.17. The summed E-state index contributed by atoms with van der Waals surface area (Å²) in [5.41, 5.74) is 1.54. The van der Waals surface area contributed by atoms with Gasteiger partial charge in [-0.3, -0.25) is 23.7 Å². The zero-order valence-corrected chi connectivity index (χ0v) is 21.9. The van der Waals surface area contributed by atoms with Crippen LogP contribution < -0.4 is 10.9 Å². The lowest BCUT2D eigenvalue weighted by Gasteiger charge is -2.31. The van der Waals surface area contributed by atoms with Crippen LogP contribution in [-0.2, 0) is 20.9 Å². The SMILES string of the molecule is CCOC(=O)[C@H]1CCCN(C(=O)c2sc3ncn(CC(=O)Nc4ccc(C)c(Cl)c4)c(=O)c3c2C)C1. The summed E-state index contributed by atoms with van der Waals surface area (Å²) >= 11 is 7.26. The third-order valence-electron chi connectivity index (χ3n) is 6.21. The van der Waals surface area contributed by atoms with E-state index < -0.39 is 11.5 Å². The van der Waals surface area contributed by atoms with Crippen LogP contribution in [0.2, 0.25) is 5.02 Å². The summed E-state index contributed by atoms with van der Waals surface area (Å²) in [6.45, 7) is 6.20. The molecule has 4 rings (SSSR count). The summed E-state index contributed by atoms with van der Waals surface area (Å²) in [4.78, 5) is 58.1. The molecule has 36 heavy (non-hydrogen) atoms. The highest BCUT2D eigenvalue weighted by atomic mass is 35.5. The van der Waals surface area contributed by atoms with Crippen LogP contribution in [0.3, 0.4) is 0 Å². The molecule has 2 amide bonds. The molecule has 1 N–H and O–H groups in total. The molecule has 0 spiro atoms. The number of piperidine rings is 1. The van der Waals surface area contributed by atoms with Crippen molar-refractivity contribution < 1.29 is 19.1 Å². The first-order valence-electron chi connectivity index (χ1n) is 11.7. The van der Waals surface area contributed by atoms with Crippen molar-refractivity contribution >= 4 is 56.6 Å². The maximum Gasteiger partial charge on any atom is 0.310 e.